The third-order valence-corrected chi connectivity index (χ3v) is 3.64. The van der Waals surface area contributed by atoms with Gasteiger partial charge in [-0.2, -0.15) is 0 Å². The number of nitrogens with two attached hydrogens (primary N) is 1. The highest BCUT2D eigenvalue weighted by Gasteiger charge is 2.14. The summed E-state index contributed by atoms with van der Waals surface area (Å²) < 4.78 is 5.83. The molecule has 4 nitrogen and oxygen atoms in total. The summed E-state index contributed by atoms with van der Waals surface area (Å²) >= 11 is 0. The molecule has 0 saturated carbocycles. The smallest absolute Gasteiger partial charge is 0.260 e. The molecule has 0 aliphatic carbocycles. The average molecular weight is 286 g/mol. The van der Waals surface area contributed by atoms with E-state index in [1.807, 2.05) is 50.2 Å². The minimum Gasteiger partial charge on any atom is -0.483 e. The fourth-order valence-corrected chi connectivity index (χ4v) is 2.20. The van der Waals surface area contributed by atoms with E-state index in [2.05, 4.69) is 0 Å². The molecule has 0 aliphatic rings. The molecule has 1 unspecified atom stereocenters. The summed E-state index contributed by atoms with van der Waals surface area (Å²) in [6.07, 6.45) is 0. The van der Waals surface area contributed by atoms with Crippen LogP contribution in [0.4, 0.5) is 0 Å². The molecule has 0 saturated heterocycles. The molecule has 2 N–H and O–H groups in total. The van der Waals surface area contributed by atoms with Crippen molar-refractivity contribution in [3.05, 3.63) is 42.0 Å². The lowest BCUT2D eigenvalue weighted by molar-refractivity contribution is -0.131. The van der Waals surface area contributed by atoms with E-state index in [1.165, 1.54) is 0 Å². The first-order valence-corrected chi connectivity index (χ1v) is 7.18. The van der Waals surface area contributed by atoms with Gasteiger partial charge in [0.1, 0.15) is 5.75 Å². The molecule has 0 aromatic heterocycles. The molecule has 0 fully saturated rings. The van der Waals surface area contributed by atoms with Crippen molar-refractivity contribution in [1.29, 1.82) is 0 Å². The molecule has 0 aliphatic heterocycles. The van der Waals surface area contributed by atoms with Crippen LogP contribution < -0.4 is 10.5 Å². The monoisotopic (exact) mass is 286 g/mol. The Labute approximate surface area is 125 Å². The van der Waals surface area contributed by atoms with Crippen molar-refractivity contribution in [2.24, 2.45) is 5.73 Å². The predicted octanol–water partition coefficient (Wildman–Crippen LogP) is 2.72. The van der Waals surface area contributed by atoms with Crippen molar-refractivity contribution < 1.29 is 9.53 Å². The van der Waals surface area contributed by atoms with Gasteiger partial charge in [0.2, 0.25) is 0 Å². The molecule has 1 atom stereocenters. The lowest BCUT2D eigenvalue weighted by Crippen LogP contribution is -2.31. The third-order valence-electron chi connectivity index (χ3n) is 3.64. The molecule has 2 aromatic carbocycles. The van der Waals surface area contributed by atoms with Gasteiger partial charge >= 0.3 is 0 Å². The molecule has 1 amide bonds. The highest BCUT2D eigenvalue weighted by Crippen LogP contribution is 2.32. The van der Waals surface area contributed by atoms with Crippen LogP contribution in [0.5, 0.6) is 5.75 Å². The Morgan fingerprint density at radius 3 is 2.67 bits per heavy atom. The molecular formula is C17H22N2O2. The average Bonchev–Trinajstić information content (AvgIpc) is 2.50. The largest absolute Gasteiger partial charge is 0.483 e. The van der Waals surface area contributed by atoms with E-state index in [4.69, 9.17) is 10.5 Å². The van der Waals surface area contributed by atoms with Gasteiger partial charge in [0.05, 0.1) is 0 Å². The number of benzene rings is 2. The number of hydrogen-bond acceptors (Lipinski definition) is 3. The fourth-order valence-electron chi connectivity index (χ4n) is 2.20. The summed E-state index contributed by atoms with van der Waals surface area (Å²) in [5.41, 5.74) is 6.94. The van der Waals surface area contributed by atoms with Gasteiger partial charge in [-0.25, -0.2) is 0 Å². The molecule has 2 rings (SSSR count). The number of fused-ring (bicyclic) bond motifs is 1. The molecule has 21 heavy (non-hydrogen) atoms. The second kappa shape index (κ2) is 6.59. The Morgan fingerprint density at radius 1 is 1.29 bits per heavy atom. The molecule has 0 radical (unpaired) electrons. The van der Waals surface area contributed by atoms with Gasteiger partial charge in [-0.3, -0.25) is 4.79 Å². The third kappa shape index (κ3) is 3.34. The first kappa shape index (κ1) is 15.3. The number of carbonyl (C=O) groups is 1. The Hall–Kier alpha value is -2.07. The van der Waals surface area contributed by atoms with Gasteiger partial charge < -0.3 is 15.4 Å². The molecule has 2 aromatic rings. The second-order valence-corrected chi connectivity index (χ2v) is 5.19. The molecule has 112 valence electrons. The quantitative estimate of drug-likeness (QED) is 0.919. The van der Waals surface area contributed by atoms with Crippen molar-refractivity contribution in [1.82, 2.24) is 4.90 Å². The Bertz CT molecular complexity index is 638. The maximum absolute atomic E-state index is 11.9. The van der Waals surface area contributed by atoms with E-state index in [0.717, 1.165) is 16.3 Å². The molecule has 0 spiro atoms. The van der Waals surface area contributed by atoms with E-state index >= 15 is 0 Å². The first-order valence-electron chi connectivity index (χ1n) is 7.18. The summed E-state index contributed by atoms with van der Waals surface area (Å²) in [6.45, 7) is 4.54. The molecule has 0 bridgehead atoms. The van der Waals surface area contributed by atoms with E-state index < -0.39 is 0 Å². The van der Waals surface area contributed by atoms with E-state index in [0.29, 0.717) is 12.3 Å². The maximum atomic E-state index is 11.9. The lowest BCUT2D eigenvalue weighted by atomic mass is 10.0. The zero-order valence-corrected chi connectivity index (χ0v) is 12.8. The highest BCUT2D eigenvalue weighted by atomic mass is 16.5. The topological polar surface area (TPSA) is 55.6 Å². The van der Waals surface area contributed by atoms with Crippen molar-refractivity contribution >= 4 is 16.7 Å². The van der Waals surface area contributed by atoms with Crippen molar-refractivity contribution in [3.8, 4) is 5.75 Å². The summed E-state index contributed by atoms with van der Waals surface area (Å²) in [5.74, 6) is 0.669. The van der Waals surface area contributed by atoms with Crippen LogP contribution in [0, 0.1) is 0 Å². The summed E-state index contributed by atoms with van der Waals surface area (Å²) in [6, 6.07) is 11.8. The van der Waals surface area contributed by atoms with Crippen LogP contribution in [0.15, 0.2) is 36.4 Å². The predicted molar refractivity (Wildman–Crippen MR) is 85.4 cm³/mol. The van der Waals surface area contributed by atoms with Crippen LogP contribution in [0.2, 0.25) is 0 Å². The number of rotatable bonds is 5. The van der Waals surface area contributed by atoms with Gasteiger partial charge in [-0.05, 0) is 19.2 Å². The number of carbonyl (C=O) groups excluding carboxylic acids is 1. The number of nitrogens with zero attached hydrogens (tertiary/aromatic N) is 1. The summed E-state index contributed by atoms with van der Waals surface area (Å²) in [4.78, 5) is 13.6. The van der Waals surface area contributed by atoms with E-state index in [-0.39, 0.29) is 18.6 Å². The van der Waals surface area contributed by atoms with Crippen LogP contribution in [0.25, 0.3) is 10.8 Å². The highest BCUT2D eigenvalue weighted by molar-refractivity contribution is 5.90. The van der Waals surface area contributed by atoms with Gasteiger partial charge in [0.25, 0.3) is 5.91 Å². The number of hydrogen-bond donors (Lipinski definition) is 1. The number of likely N-dealkylation sites (N-methyl/N-ethyl adjacent to an activating group) is 1. The SMILES string of the molecule is CCN(C)C(=O)COc1c(C(C)N)ccc2ccccc12. The van der Waals surface area contributed by atoms with Crippen LogP contribution in [-0.4, -0.2) is 31.0 Å². The van der Waals surface area contributed by atoms with Crippen molar-refractivity contribution in [2.45, 2.75) is 19.9 Å². The lowest BCUT2D eigenvalue weighted by Gasteiger charge is -2.19. The number of amides is 1. The second-order valence-electron chi connectivity index (χ2n) is 5.19. The zero-order chi connectivity index (χ0) is 15.4. The normalized spacial score (nSPS) is 12.2. The maximum Gasteiger partial charge on any atom is 0.260 e. The van der Waals surface area contributed by atoms with Gasteiger partial charge in [-0.15, -0.1) is 0 Å². The molecular weight excluding hydrogens is 264 g/mol. The Morgan fingerprint density at radius 2 is 2.00 bits per heavy atom. The standard InChI is InChI=1S/C17H22N2O2/c1-4-19(3)16(20)11-21-17-14(12(2)18)10-9-13-7-5-6-8-15(13)17/h5-10,12H,4,11,18H2,1-3H3. The first-order chi connectivity index (χ1) is 10.0. The van der Waals surface area contributed by atoms with Crippen molar-refractivity contribution in [2.75, 3.05) is 20.2 Å². The van der Waals surface area contributed by atoms with E-state index in [9.17, 15) is 4.79 Å². The Kier molecular flexibility index (Phi) is 4.81. The zero-order valence-electron chi connectivity index (χ0n) is 12.8. The van der Waals surface area contributed by atoms with Crippen LogP contribution in [-0.2, 0) is 4.79 Å². The van der Waals surface area contributed by atoms with E-state index in [1.54, 1.807) is 11.9 Å². The van der Waals surface area contributed by atoms with Gasteiger partial charge in [0, 0.05) is 30.6 Å². The summed E-state index contributed by atoms with van der Waals surface area (Å²) in [5, 5.41) is 2.06. The van der Waals surface area contributed by atoms with Crippen molar-refractivity contribution in [3.63, 3.8) is 0 Å². The fraction of sp³-hybridized carbons (Fsp3) is 0.353. The van der Waals surface area contributed by atoms with Crippen LogP contribution in [0.3, 0.4) is 0 Å². The van der Waals surface area contributed by atoms with Crippen LogP contribution >= 0.6 is 0 Å². The molecule has 4 heteroatoms. The van der Waals surface area contributed by atoms with Gasteiger partial charge in [-0.1, -0.05) is 36.4 Å². The minimum absolute atomic E-state index is 0.0259. The molecule has 0 heterocycles. The number of ether oxygens (including phenoxy) is 1. The van der Waals surface area contributed by atoms with Crippen LogP contribution in [0.1, 0.15) is 25.5 Å². The Balaban J connectivity index is 2.36. The van der Waals surface area contributed by atoms with Gasteiger partial charge in [0.15, 0.2) is 6.61 Å². The summed E-state index contributed by atoms with van der Waals surface area (Å²) in [7, 11) is 1.77. The minimum atomic E-state index is -0.149.